The number of Topliss-reactive ketones (excluding diaryl/α,β-unsaturated/α-hetero) is 1. The van der Waals surface area contributed by atoms with E-state index >= 15 is 0 Å². The molecule has 2 aromatic carbocycles. The number of nitrogens with one attached hydrogen (secondary N) is 1. The van der Waals surface area contributed by atoms with Crippen LogP contribution < -0.4 is 14.4 Å². The van der Waals surface area contributed by atoms with Crippen molar-refractivity contribution in [3.05, 3.63) is 59.7 Å². The Kier molecular flexibility index (Phi) is 10.0. The van der Waals surface area contributed by atoms with Gasteiger partial charge in [-0.15, -0.1) is 0 Å². The molecule has 196 valence electrons. The molecule has 0 saturated heterocycles. The first-order chi connectivity index (χ1) is 16.9. The number of ketones is 1. The van der Waals surface area contributed by atoms with Crippen LogP contribution >= 0.6 is 0 Å². The zero-order valence-electron chi connectivity index (χ0n) is 21.6. The lowest BCUT2D eigenvalue weighted by Gasteiger charge is -2.32. The molecule has 0 unspecified atom stereocenters. The van der Waals surface area contributed by atoms with E-state index in [1.807, 2.05) is 13.8 Å². The largest absolute Gasteiger partial charge is 0.497 e. The second-order valence-electron chi connectivity index (χ2n) is 8.74. The van der Waals surface area contributed by atoms with Crippen molar-refractivity contribution in [2.45, 2.75) is 52.7 Å². The minimum Gasteiger partial charge on any atom is -0.497 e. The summed E-state index contributed by atoms with van der Waals surface area (Å²) in [4.78, 5) is 39.7. The molecule has 0 radical (unpaired) electrons. The van der Waals surface area contributed by atoms with Gasteiger partial charge in [0.1, 0.15) is 18.3 Å². The highest BCUT2D eigenvalue weighted by Gasteiger charge is 2.30. The van der Waals surface area contributed by atoms with Crippen molar-refractivity contribution in [2.24, 2.45) is 0 Å². The van der Waals surface area contributed by atoms with Gasteiger partial charge >= 0.3 is 0 Å². The van der Waals surface area contributed by atoms with Crippen molar-refractivity contribution < 1.29 is 27.5 Å². The maximum Gasteiger partial charge on any atom is 0.244 e. The molecule has 2 atom stereocenters. The molecular formula is C26H35N3O6S. The van der Waals surface area contributed by atoms with Crippen molar-refractivity contribution in [3.8, 4) is 5.75 Å². The van der Waals surface area contributed by atoms with Gasteiger partial charge in [-0.25, -0.2) is 8.42 Å². The molecule has 2 amide bonds. The van der Waals surface area contributed by atoms with Crippen LogP contribution in [0, 0.1) is 0 Å². The van der Waals surface area contributed by atoms with E-state index in [-0.39, 0.29) is 30.0 Å². The summed E-state index contributed by atoms with van der Waals surface area (Å²) in [6.07, 6.45) is 1.72. The predicted octanol–water partition coefficient (Wildman–Crippen LogP) is 3.00. The predicted molar refractivity (Wildman–Crippen MR) is 140 cm³/mol. The summed E-state index contributed by atoms with van der Waals surface area (Å²) < 4.78 is 31.5. The number of amides is 2. The Labute approximate surface area is 213 Å². The van der Waals surface area contributed by atoms with Gasteiger partial charge in [-0.1, -0.05) is 31.2 Å². The van der Waals surface area contributed by atoms with Gasteiger partial charge in [0.25, 0.3) is 0 Å². The molecule has 0 aliphatic rings. The molecule has 0 spiro atoms. The van der Waals surface area contributed by atoms with E-state index in [9.17, 15) is 22.8 Å². The average Bonchev–Trinajstić information content (AvgIpc) is 2.84. The zero-order valence-corrected chi connectivity index (χ0v) is 22.5. The third-order valence-corrected chi connectivity index (χ3v) is 7.04. The number of benzene rings is 2. The highest BCUT2D eigenvalue weighted by molar-refractivity contribution is 7.92. The number of carbonyl (C=O) groups is 3. The summed E-state index contributed by atoms with van der Waals surface area (Å²) in [7, 11) is -2.33. The summed E-state index contributed by atoms with van der Waals surface area (Å²) in [5, 5.41) is 2.88. The lowest BCUT2D eigenvalue weighted by Crippen LogP contribution is -2.52. The first-order valence-corrected chi connectivity index (χ1v) is 13.5. The van der Waals surface area contributed by atoms with Crippen LogP contribution in [0.5, 0.6) is 5.75 Å². The molecule has 0 heterocycles. The summed E-state index contributed by atoms with van der Waals surface area (Å²) in [6.45, 7) is 6.35. The Hall–Kier alpha value is -3.40. The van der Waals surface area contributed by atoms with Gasteiger partial charge in [-0.3, -0.25) is 18.7 Å². The third-order valence-electron chi connectivity index (χ3n) is 5.90. The van der Waals surface area contributed by atoms with Crippen molar-refractivity contribution in [1.29, 1.82) is 0 Å². The van der Waals surface area contributed by atoms with Crippen molar-refractivity contribution in [1.82, 2.24) is 10.2 Å². The molecule has 36 heavy (non-hydrogen) atoms. The fourth-order valence-electron chi connectivity index (χ4n) is 3.47. The van der Waals surface area contributed by atoms with Crippen LogP contribution in [-0.4, -0.2) is 62.9 Å². The molecule has 0 aliphatic carbocycles. The summed E-state index contributed by atoms with van der Waals surface area (Å²) in [6, 6.07) is 12.2. The number of hydrogen-bond donors (Lipinski definition) is 1. The number of nitrogens with zero attached hydrogens (tertiary/aromatic N) is 2. The van der Waals surface area contributed by atoms with Gasteiger partial charge in [0.05, 0.1) is 19.1 Å². The molecule has 2 rings (SSSR count). The second-order valence-corrected chi connectivity index (χ2v) is 10.6. The highest BCUT2D eigenvalue weighted by atomic mass is 32.2. The lowest BCUT2D eigenvalue weighted by atomic mass is 10.1. The van der Waals surface area contributed by atoms with E-state index in [1.165, 1.54) is 24.0 Å². The van der Waals surface area contributed by atoms with E-state index < -0.39 is 28.5 Å². The number of rotatable bonds is 12. The quantitative estimate of drug-likeness (QED) is 0.433. The molecule has 2 aromatic rings. The fourth-order valence-corrected chi connectivity index (χ4v) is 4.31. The van der Waals surface area contributed by atoms with Gasteiger partial charge in [0.15, 0.2) is 5.78 Å². The molecule has 0 aromatic heterocycles. The van der Waals surface area contributed by atoms with Crippen LogP contribution in [0.4, 0.5) is 5.69 Å². The van der Waals surface area contributed by atoms with Gasteiger partial charge in [0.2, 0.25) is 21.8 Å². The lowest BCUT2D eigenvalue weighted by molar-refractivity contribution is -0.139. The Morgan fingerprint density at radius 3 is 2.22 bits per heavy atom. The minimum absolute atomic E-state index is 0.0836. The molecule has 0 fully saturated rings. The number of anilines is 1. The number of ether oxygens (including phenoxy) is 1. The van der Waals surface area contributed by atoms with Gasteiger partial charge < -0.3 is 15.0 Å². The Balaban J connectivity index is 2.42. The smallest absolute Gasteiger partial charge is 0.244 e. The fraction of sp³-hybridized carbons (Fsp3) is 0.423. The van der Waals surface area contributed by atoms with Gasteiger partial charge in [0, 0.05) is 18.2 Å². The van der Waals surface area contributed by atoms with Crippen molar-refractivity contribution in [3.63, 3.8) is 0 Å². The van der Waals surface area contributed by atoms with Gasteiger partial charge in [-0.05, 0) is 57.0 Å². The topological polar surface area (TPSA) is 113 Å². The Morgan fingerprint density at radius 1 is 1.06 bits per heavy atom. The van der Waals surface area contributed by atoms with Crippen molar-refractivity contribution in [2.75, 3.05) is 24.2 Å². The van der Waals surface area contributed by atoms with Crippen LogP contribution in [0.3, 0.4) is 0 Å². The molecular weight excluding hydrogens is 482 g/mol. The van der Waals surface area contributed by atoms with Crippen LogP contribution in [0.15, 0.2) is 48.5 Å². The van der Waals surface area contributed by atoms with Gasteiger partial charge in [-0.2, -0.15) is 0 Å². The SMILES string of the molecule is CC[C@@H](C)NC(=O)[C@H](C)N(Cc1ccc(OC)cc1)C(=O)CN(c1cccc(C(C)=O)c1)S(C)(=O)=O. The standard InChI is InChI=1S/C26H35N3O6S/c1-7-18(2)27-26(32)19(3)28(16-21-11-13-24(35-5)14-12-21)25(31)17-29(36(6,33)34)23-10-8-9-22(15-23)20(4)30/h8-15,18-19H,7,16-17H2,1-6H3,(H,27,32)/t18-,19+/m1/s1. The van der Waals surface area contributed by atoms with E-state index in [4.69, 9.17) is 4.74 Å². The number of sulfonamides is 1. The summed E-state index contributed by atoms with van der Waals surface area (Å²) in [5.41, 5.74) is 1.27. The molecule has 10 heteroatoms. The monoisotopic (exact) mass is 517 g/mol. The Morgan fingerprint density at radius 2 is 1.69 bits per heavy atom. The van der Waals surface area contributed by atoms with E-state index in [2.05, 4.69) is 5.32 Å². The Bertz CT molecular complexity index is 1180. The maximum atomic E-state index is 13.6. The summed E-state index contributed by atoms with van der Waals surface area (Å²) in [5.74, 6) is -0.479. The number of carbonyl (C=O) groups excluding carboxylic acids is 3. The van der Waals surface area contributed by atoms with Crippen molar-refractivity contribution >= 4 is 33.3 Å². The normalized spacial score (nSPS) is 12.8. The molecule has 0 bridgehead atoms. The van der Waals surface area contributed by atoms with E-state index in [1.54, 1.807) is 50.4 Å². The first kappa shape index (κ1) is 28.8. The van der Waals surface area contributed by atoms with Crippen LogP contribution in [0.25, 0.3) is 0 Å². The average molecular weight is 518 g/mol. The van der Waals surface area contributed by atoms with E-state index in [0.717, 1.165) is 22.5 Å². The second kappa shape index (κ2) is 12.5. The van der Waals surface area contributed by atoms with Crippen LogP contribution in [-0.2, 0) is 26.2 Å². The number of methoxy groups -OCH3 is 1. The molecule has 0 aliphatic heterocycles. The summed E-state index contributed by atoms with van der Waals surface area (Å²) >= 11 is 0. The molecule has 1 N–H and O–H groups in total. The van der Waals surface area contributed by atoms with Crippen LogP contribution in [0.1, 0.15) is 50.0 Å². The third kappa shape index (κ3) is 7.81. The maximum absolute atomic E-state index is 13.6. The van der Waals surface area contributed by atoms with E-state index in [0.29, 0.717) is 11.3 Å². The highest BCUT2D eigenvalue weighted by Crippen LogP contribution is 2.21. The first-order valence-electron chi connectivity index (χ1n) is 11.7. The van der Waals surface area contributed by atoms with Crippen LogP contribution in [0.2, 0.25) is 0 Å². The molecule has 9 nitrogen and oxygen atoms in total. The number of hydrogen-bond acceptors (Lipinski definition) is 6. The molecule has 0 saturated carbocycles. The zero-order chi connectivity index (χ0) is 27.0. The minimum atomic E-state index is -3.88.